The molecule has 0 spiro atoms. The Labute approximate surface area is 164 Å². The van der Waals surface area contributed by atoms with Crippen molar-refractivity contribution >= 4 is 27.3 Å². The van der Waals surface area contributed by atoms with E-state index in [0.717, 1.165) is 22.7 Å². The van der Waals surface area contributed by atoms with E-state index in [0.29, 0.717) is 18.0 Å². The van der Waals surface area contributed by atoms with E-state index in [1.165, 1.54) is 12.1 Å². The van der Waals surface area contributed by atoms with E-state index in [9.17, 15) is 17.6 Å². The molecule has 0 aliphatic rings. The van der Waals surface area contributed by atoms with Crippen LogP contribution in [0, 0.1) is 5.82 Å². The molecule has 2 aromatic rings. The van der Waals surface area contributed by atoms with Crippen LogP contribution in [-0.4, -0.2) is 33.2 Å². The van der Waals surface area contributed by atoms with Gasteiger partial charge in [0.1, 0.15) is 24.2 Å². The van der Waals surface area contributed by atoms with Crippen LogP contribution in [0.2, 0.25) is 0 Å². The van der Waals surface area contributed by atoms with Gasteiger partial charge in [-0.1, -0.05) is 25.6 Å². The normalized spacial score (nSPS) is 12.1. The fourth-order valence-electron chi connectivity index (χ4n) is 2.69. The first-order valence-corrected chi connectivity index (χ1v) is 10.5. The highest BCUT2D eigenvalue weighted by Crippen LogP contribution is 2.24. The minimum absolute atomic E-state index is 0.217. The van der Waals surface area contributed by atoms with Crippen LogP contribution in [0.25, 0.3) is 0 Å². The number of hydrogen-bond donors (Lipinski definition) is 1. The maximum atomic E-state index is 13.2. The molecule has 0 saturated heterocycles. The van der Waals surface area contributed by atoms with Crippen LogP contribution in [0.1, 0.15) is 13.3 Å². The topological polar surface area (TPSA) is 75.7 Å². The maximum Gasteiger partial charge on any atom is 0.248 e. The van der Waals surface area contributed by atoms with Gasteiger partial charge in [0.15, 0.2) is 0 Å². The molecule has 6 nitrogen and oxygen atoms in total. The number of ether oxygens (including phenoxy) is 1. The van der Waals surface area contributed by atoms with Crippen molar-refractivity contribution in [1.82, 2.24) is 0 Å². The van der Waals surface area contributed by atoms with E-state index in [4.69, 9.17) is 4.74 Å². The van der Waals surface area contributed by atoms with Crippen LogP contribution in [-0.2, 0) is 14.8 Å². The van der Waals surface area contributed by atoms with Crippen molar-refractivity contribution in [2.45, 2.75) is 19.4 Å². The lowest BCUT2D eigenvalue weighted by Gasteiger charge is -2.30. The minimum atomic E-state index is -3.79. The number of amides is 1. The molecule has 1 amide bonds. The van der Waals surface area contributed by atoms with Crippen molar-refractivity contribution < 1.29 is 22.3 Å². The number of benzene rings is 2. The van der Waals surface area contributed by atoms with Crippen LogP contribution in [0.4, 0.5) is 15.8 Å². The number of nitrogens with zero attached hydrogens (tertiary/aromatic N) is 1. The van der Waals surface area contributed by atoms with Crippen molar-refractivity contribution in [1.29, 1.82) is 0 Å². The first-order valence-electron chi connectivity index (χ1n) is 8.66. The zero-order valence-corrected chi connectivity index (χ0v) is 16.6. The lowest BCUT2D eigenvalue weighted by atomic mass is 10.1. The predicted molar refractivity (Wildman–Crippen MR) is 109 cm³/mol. The van der Waals surface area contributed by atoms with Gasteiger partial charge in [0, 0.05) is 11.8 Å². The molecule has 0 radical (unpaired) electrons. The second-order valence-corrected chi connectivity index (χ2v) is 7.94. The van der Waals surface area contributed by atoms with Crippen LogP contribution in [0.15, 0.2) is 61.2 Å². The standard InChI is InChI=1S/C20H23FN2O4S/c1-4-13-27-18-8-6-7-16(14-18)22-20(24)19(5-2)23(28(3,25)26)17-11-9-15(21)10-12-17/h4,6-12,14,19H,1,5,13H2,2-3H3,(H,22,24)/t19-/m1/s1. The fourth-order valence-corrected chi connectivity index (χ4v) is 3.90. The molecule has 28 heavy (non-hydrogen) atoms. The van der Waals surface area contributed by atoms with Gasteiger partial charge in [-0.3, -0.25) is 9.10 Å². The summed E-state index contributed by atoms with van der Waals surface area (Å²) in [7, 11) is -3.79. The summed E-state index contributed by atoms with van der Waals surface area (Å²) < 4.78 is 44.4. The molecule has 0 fully saturated rings. The number of anilines is 2. The van der Waals surface area contributed by atoms with E-state index in [1.54, 1.807) is 37.3 Å². The summed E-state index contributed by atoms with van der Waals surface area (Å²) in [6.45, 7) is 5.60. The second kappa shape index (κ2) is 9.36. The van der Waals surface area contributed by atoms with Crippen molar-refractivity contribution in [2.24, 2.45) is 0 Å². The predicted octanol–water partition coefficient (Wildman–Crippen LogP) is 3.57. The average molecular weight is 406 g/mol. The summed E-state index contributed by atoms with van der Waals surface area (Å²) in [4.78, 5) is 12.8. The largest absolute Gasteiger partial charge is 0.489 e. The molecule has 0 heterocycles. The summed E-state index contributed by atoms with van der Waals surface area (Å²) in [5.74, 6) is -0.451. The Morgan fingerprint density at radius 3 is 2.54 bits per heavy atom. The SMILES string of the molecule is C=CCOc1cccc(NC(=O)[C@@H](CC)N(c2ccc(F)cc2)S(C)(=O)=O)c1. The molecule has 0 aliphatic carbocycles. The Kier molecular flexibility index (Phi) is 7.17. The monoisotopic (exact) mass is 406 g/mol. The molecule has 1 N–H and O–H groups in total. The van der Waals surface area contributed by atoms with Crippen molar-refractivity contribution in [3.63, 3.8) is 0 Å². The van der Waals surface area contributed by atoms with Gasteiger partial charge in [-0.25, -0.2) is 12.8 Å². The maximum absolute atomic E-state index is 13.2. The molecular formula is C20H23FN2O4S. The molecule has 1 atom stereocenters. The molecule has 0 aromatic heterocycles. The molecule has 150 valence electrons. The molecule has 0 saturated carbocycles. The van der Waals surface area contributed by atoms with Crippen LogP contribution < -0.4 is 14.4 Å². The van der Waals surface area contributed by atoms with E-state index >= 15 is 0 Å². The van der Waals surface area contributed by atoms with Crippen LogP contribution >= 0.6 is 0 Å². The molecule has 2 rings (SSSR count). The Balaban J connectivity index is 2.29. The van der Waals surface area contributed by atoms with Gasteiger partial charge in [-0.05, 0) is 42.8 Å². The Morgan fingerprint density at radius 1 is 1.29 bits per heavy atom. The smallest absolute Gasteiger partial charge is 0.248 e. The number of nitrogens with one attached hydrogen (secondary N) is 1. The molecular weight excluding hydrogens is 383 g/mol. The molecule has 0 unspecified atom stereocenters. The first kappa shape index (κ1) is 21.4. The number of sulfonamides is 1. The number of carbonyl (C=O) groups excluding carboxylic acids is 1. The Bertz CT molecular complexity index is 929. The fraction of sp³-hybridized carbons (Fsp3) is 0.250. The van der Waals surface area contributed by atoms with E-state index < -0.39 is 27.8 Å². The van der Waals surface area contributed by atoms with Gasteiger partial charge >= 0.3 is 0 Å². The van der Waals surface area contributed by atoms with E-state index in [-0.39, 0.29) is 12.1 Å². The van der Waals surface area contributed by atoms with Gasteiger partial charge in [0.2, 0.25) is 15.9 Å². The first-order chi connectivity index (χ1) is 13.3. The van der Waals surface area contributed by atoms with E-state index in [1.807, 2.05) is 0 Å². The summed E-state index contributed by atoms with van der Waals surface area (Å²) in [6.07, 6.45) is 2.84. The minimum Gasteiger partial charge on any atom is -0.489 e. The third-order valence-electron chi connectivity index (χ3n) is 3.88. The lowest BCUT2D eigenvalue weighted by Crippen LogP contribution is -2.47. The van der Waals surface area contributed by atoms with Gasteiger partial charge in [-0.15, -0.1) is 0 Å². The highest BCUT2D eigenvalue weighted by Gasteiger charge is 2.31. The third kappa shape index (κ3) is 5.56. The molecule has 0 aliphatic heterocycles. The summed E-state index contributed by atoms with van der Waals surface area (Å²) in [5, 5.41) is 2.72. The van der Waals surface area contributed by atoms with Gasteiger partial charge in [0.05, 0.1) is 11.9 Å². The summed E-state index contributed by atoms with van der Waals surface area (Å²) in [6, 6.07) is 10.7. The second-order valence-electron chi connectivity index (χ2n) is 6.08. The lowest BCUT2D eigenvalue weighted by molar-refractivity contribution is -0.117. The Morgan fingerprint density at radius 2 is 1.96 bits per heavy atom. The molecule has 0 bridgehead atoms. The van der Waals surface area contributed by atoms with Gasteiger partial charge in [-0.2, -0.15) is 0 Å². The highest BCUT2D eigenvalue weighted by atomic mass is 32.2. The summed E-state index contributed by atoms with van der Waals surface area (Å²) >= 11 is 0. The third-order valence-corrected chi connectivity index (χ3v) is 5.06. The number of halogens is 1. The van der Waals surface area contributed by atoms with Crippen LogP contribution in [0.5, 0.6) is 5.75 Å². The highest BCUT2D eigenvalue weighted by molar-refractivity contribution is 7.92. The quantitative estimate of drug-likeness (QED) is 0.646. The molecule has 8 heteroatoms. The van der Waals surface area contributed by atoms with Crippen molar-refractivity contribution in [3.05, 3.63) is 67.0 Å². The van der Waals surface area contributed by atoms with Gasteiger partial charge < -0.3 is 10.1 Å². The zero-order chi connectivity index (χ0) is 20.7. The van der Waals surface area contributed by atoms with Crippen molar-refractivity contribution in [2.75, 3.05) is 22.5 Å². The van der Waals surface area contributed by atoms with Gasteiger partial charge in [0.25, 0.3) is 0 Å². The van der Waals surface area contributed by atoms with E-state index in [2.05, 4.69) is 11.9 Å². The number of rotatable bonds is 9. The molecule has 2 aromatic carbocycles. The zero-order valence-electron chi connectivity index (χ0n) is 15.8. The van der Waals surface area contributed by atoms with Crippen molar-refractivity contribution in [3.8, 4) is 5.75 Å². The Hall–Kier alpha value is -2.87. The average Bonchev–Trinajstić information content (AvgIpc) is 2.64. The number of hydrogen-bond acceptors (Lipinski definition) is 4. The van der Waals surface area contributed by atoms with Crippen LogP contribution in [0.3, 0.4) is 0 Å². The number of carbonyl (C=O) groups is 1. The summed E-state index contributed by atoms with van der Waals surface area (Å²) in [5.41, 5.74) is 0.687.